The first-order valence-corrected chi connectivity index (χ1v) is 12.9. The van der Waals surface area contributed by atoms with Crippen LogP contribution in [-0.4, -0.2) is 59.1 Å². The molecule has 3 amide bonds. The molecular weight excluding hydrogens is 478 g/mol. The molecule has 0 radical (unpaired) electrons. The number of carbonyl (C=O) groups excluding carboxylic acids is 3. The molecule has 0 saturated carbocycles. The van der Waals surface area contributed by atoms with Gasteiger partial charge >= 0.3 is 0 Å². The summed E-state index contributed by atoms with van der Waals surface area (Å²) < 4.78 is 5.29. The molecule has 0 bridgehead atoms. The van der Waals surface area contributed by atoms with Crippen molar-refractivity contribution in [2.45, 2.75) is 38.6 Å². The maximum absolute atomic E-state index is 13.3. The Balaban J connectivity index is 1.45. The number of benzene rings is 2. The second kappa shape index (κ2) is 11.9. The fraction of sp³-hybridized carbons (Fsp3) is 0.346. The largest absolute Gasteiger partial charge is 0.495 e. The molecule has 188 valence electrons. The summed E-state index contributed by atoms with van der Waals surface area (Å²) in [6.45, 7) is 2.69. The van der Waals surface area contributed by atoms with E-state index in [9.17, 15) is 14.4 Å². The Hall–Kier alpha value is -3.66. The third-order valence-electron chi connectivity index (χ3n) is 5.76. The lowest BCUT2D eigenvalue weighted by Gasteiger charge is -2.25. The van der Waals surface area contributed by atoms with Crippen LogP contribution >= 0.6 is 11.8 Å². The number of aliphatic imine (C=N–C) groups is 2. The zero-order valence-corrected chi connectivity index (χ0v) is 21.1. The molecule has 36 heavy (non-hydrogen) atoms. The lowest BCUT2D eigenvalue weighted by Crippen LogP contribution is -2.41. The van der Waals surface area contributed by atoms with Gasteiger partial charge in [0.1, 0.15) is 17.6 Å². The van der Waals surface area contributed by atoms with Crippen molar-refractivity contribution < 1.29 is 19.1 Å². The summed E-state index contributed by atoms with van der Waals surface area (Å²) in [4.78, 5) is 49.0. The van der Waals surface area contributed by atoms with E-state index in [2.05, 4.69) is 27.5 Å². The zero-order chi connectivity index (χ0) is 25.5. The predicted octanol–water partition coefficient (Wildman–Crippen LogP) is 3.72. The van der Waals surface area contributed by atoms with Crippen LogP contribution in [0.2, 0.25) is 0 Å². The van der Waals surface area contributed by atoms with Gasteiger partial charge in [-0.15, -0.1) is 0 Å². The van der Waals surface area contributed by atoms with E-state index in [0.717, 1.165) is 30.2 Å². The van der Waals surface area contributed by atoms with Crippen LogP contribution in [0.15, 0.2) is 58.5 Å². The molecule has 9 nitrogen and oxygen atoms in total. The van der Waals surface area contributed by atoms with E-state index in [1.54, 1.807) is 19.2 Å². The third-order valence-corrected chi connectivity index (χ3v) is 6.70. The molecule has 2 aromatic rings. The molecule has 1 atom stereocenters. The van der Waals surface area contributed by atoms with Gasteiger partial charge in [-0.25, -0.2) is 9.89 Å². The third kappa shape index (κ3) is 5.76. The molecular formula is C26H29N5O4S. The van der Waals surface area contributed by atoms with Crippen molar-refractivity contribution in [1.29, 1.82) is 0 Å². The Morgan fingerprint density at radius 1 is 1.11 bits per heavy atom. The number of anilines is 1. The molecule has 0 saturated heterocycles. The summed E-state index contributed by atoms with van der Waals surface area (Å²) >= 11 is 1.16. The highest BCUT2D eigenvalue weighted by molar-refractivity contribution is 8.14. The Labute approximate surface area is 214 Å². The monoisotopic (exact) mass is 507 g/mol. The minimum Gasteiger partial charge on any atom is -0.495 e. The van der Waals surface area contributed by atoms with Crippen molar-refractivity contribution in [1.82, 2.24) is 10.2 Å². The van der Waals surface area contributed by atoms with Gasteiger partial charge in [-0.3, -0.25) is 19.4 Å². The van der Waals surface area contributed by atoms with Gasteiger partial charge in [-0.05, 0) is 37.1 Å². The minimum atomic E-state index is -0.670. The minimum absolute atomic E-state index is 0.0423. The first-order valence-electron chi connectivity index (χ1n) is 11.9. The second-order valence-electron chi connectivity index (χ2n) is 8.33. The molecule has 2 aliphatic heterocycles. The van der Waals surface area contributed by atoms with E-state index in [0.29, 0.717) is 41.1 Å². The van der Waals surface area contributed by atoms with E-state index < -0.39 is 6.04 Å². The predicted molar refractivity (Wildman–Crippen MR) is 142 cm³/mol. The number of methoxy groups -OCH3 is 1. The zero-order valence-electron chi connectivity index (χ0n) is 20.3. The van der Waals surface area contributed by atoms with Crippen LogP contribution in [0.3, 0.4) is 0 Å². The average molecular weight is 508 g/mol. The average Bonchev–Trinajstić information content (AvgIpc) is 3.23. The number of hydrogen-bond acceptors (Lipinski definition) is 7. The van der Waals surface area contributed by atoms with Crippen LogP contribution in [0, 0.1) is 0 Å². The SMILES string of the molecule is CCCCNC(=O)CCC1N=C2c3ccccc3N=C(SCC(=O)Nc3ccccc3OC)N2C1=O. The quantitative estimate of drug-likeness (QED) is 0.476. The first-order chi connectivity index (χ1) is 17.5. The Morgan fingerprint density at radius 3 is 2.69 bits per heavy atom. The van der Waals surface area contributed by atoms with Gasteiger partial charge in [0.15, 0.2) is 5.17 Å². The Bertz CT molecular complexity index is 1210. The molecule has 2 aromatic carbocycles. The number of fused-ring (bicyclic) bond motifs is 3. The van der Waals surface area contributed by atoms with Gasteiger partial charge < -0.3 is 15.4 Å². The number of amidine groups is 2. The maximum atomic E-state index is 13.3. The smallest absolute Gasteiger partial charge is 0.259 e. The van der Waals surface area contributed by atoms with Gasteiger partial charge in [0.2, 0.25) is 11.8 Å². The molecule has 0 fully saturated rings. The fourth-order valence-corrected chi connectivity index (χ4v) is 4.71. The molecule has 0 aromatic heterocycles. The number of nitrogens with zero attached hydrogens (tertiary/aromatic N) is 3. The van der Waals surface area contributed by atoms with Crippen LogP contribution in [0.25, 0.3) is 0 Å². The highest BCUT2D eigenvalue weighted by Crippen LogP contribution is 2.34. The van der Waals surface area contributed by atoms with E-state index in [4.69, 9.17) is 4.74 Å². The van der Waals surface area contributed by atoms with E-state index in [1.807, 2.05) is 36.4 Å². The number of carbonyl (C=O) groups is 3. The molecule has 10 heteroatoms. The second-order valence-corrected chi connectivity index (χ2v) is 9.28. The van der Waals surface area contributed by atoms with Crippen molar-refractivity contribution in [2.75, 3.05) is 24.7 Å². The van der Waals surface area contributed by atoms with Gasteiger partial charge in [-0.2, -0.15) is 0 Å². The highest BCUT2D eigenvalue weighted by Gasteiger charge is 2.41. The van der Waals surface area contributed by atoms with Crippen molar-refractivity contribution in [3.8, 4) is 5.75 Å². The van der Waals surface area contributed by atoms with Crippen LogP contribution in [0.1, 0.15) is 38.2 Å². The molecule has 0 spiro atoms. The summed E-state index contributed by atoms with van der Waals surface area (Å²) in [5.41, 5.74) is 2.01. The molecule has 2 N–H and O–H groups in total. The summed E-state index contributed by atoms with van der Waals surface area (Å²) in [7, 11) is 1.54. The summed E-state index contributed by atoms with van der Waals surface area (Å²) in [5.74, 6) is 0.535. The van der Waals surface area contributed by atoms with E-state index in [1.165, 1.54) is 4.90 Å². The van der Waals surface area contributed by atoms with E-state index >= 15 is 0 Å². The molecule has 2 heterocycles. The number of unbranched alkanes of at least 4 members (excludes halogenated alkanes) is 1. The van der Waals surface area contributed by atoms with Gasteiger partial charge in [-0.1, -0.05) is 49.4 Å². The van der Waals surface area contributed by atoms with Crippen molar-refractivity contribution in [3.05, 3.63) is 54.1 Å². The molecule has 0 aliphatic carbocycles. The highest BCUT2D eigenvalue weighted by atomic mass is 32.2. The summed E-state index contributed by atoms with van der Waals surface area (Å²) in [6, 6.07) is 13.9. The van der Waals surface area contributed by atoms with Gasteiger partial charge in [0, 0.05) is 18.5 Å². The van der Waals surface area contributed by atoms with Crippen molar-refractivity contribution >= 4 is 51.9 Å². The number of ether oxygens (including phenoxy) is 1. The summed E-state index contributed by atoms with van der Waals surface area (Å²) in [5, 5.41) is 6.10. The Morgan fingerprint density at radius 2 is 1.89 bits per heavy atom. The Kier molecular flexibility index (Phi) is 8.37. The maximum Gasteiger partial charge on any atom is 0.259 e. The number of rotatable bonds is 10. The number of thioether (sulfide) groups is 1. The van der Waals surface area contributed by atoms with Gasteiger partial charge in [0.25, 0.3) is 5.91 Å². The first kappa shape index (κ1) is 25.4. The lowest BCUT2D eigenvalue weighted by atomic mass is 10.1. The van der Waals surface area contributed by atoms with Crippen LogP contribution in [-0.2, 0) is 14.4 Å². The molecule has 2 aliphatic rings. The normalized spacial score (nSPS) is 16.0. The van der Waals surface area contributed by atoms with Crippen LogP contribution in [0.4, 0.5) is 11.4 Å². The van der Waals surface area contributed by atoms with Crippen LogP contribution in [0.5, 0.6) is 5.75 Å². The number of hydrogen-bond donors (Lipinski definition) is 2. The number of para-hydroxylation sites is 3. The van der Waals surface area contributed by atoms with Crippen LogP contribution < -0.4 is 15.4 Å². The standard InChI is InChI=1S/C26H29N5O4S/c1-3-4-15-27-22(32)14-13-20-25(34)31-24(29-20)17-9-5-6-10-18(17)30-26(31)36-16-23(33)28-19-11-7-8-12-21(19)35-2/h5-12,20H,3-4,13-16H2,1-2H3,(H,27,32)(H,28,33). The van der Waals surface area contributed by atoms with E-state index in [-0.39, 0.29) is 29.9 Å². The van der Waals surface area contributed by atoms with Crippen molar-refractivity contribution in [3.63, 3.8) is 0 Å². The fourth-order valence-electron chi connectivity index (χ4n) is 3.91. The lowest BCUT2D eigenvalue weighted by molar-refractivity contribution is -0.125. The molecule has 4 rings (SSSR count). The number of nitrogens with one attached hydrogen (secondary N) is 2. The topological polar surface area (TPSA) is 112 Å². The summed E-state index contributed by atoms with van der Waals surface area (Å²) in [6.07, 6.45) is 2.45. The van der Waals surface area contributed by atoms with Gasteiger partial charge in [0.05, 0.1) is 24.2 Å². The van der Waals surface area contributed by atoms with Crippen molar-refractivity contribution in [2.24, 2.45) is 9.98 Å². The number of amides is 3. The molecule has 1 unspecified atom stereocenters.